The van der Waals surface area contributed by atoms with Crippen LogP contribution in [0, 0.1) is 11.3 Å². The molecule has 2 rings (SSSR count). The van der Waals surface area contributed by atoms with E-state index in [1.54, 1.807) is 34.9 Å². The third kappa shape index (κ3) is 3.21. The van der Waals surface area contributed by atoms with Crippen molar-refractivity contribution in [2.24, 2.45) is 0 Å². The molecule has 2 aromatic rings. The maximum Gasteiger partial charge on any atom is 0.269 e. The van der Waals surface area contributed by atoms with E-state index in [1.807, 2.05) is 13.0 Å². The number of hydrogen-bond acceptors (Lipinski definition) is 3. The molecule has 108 valence electrons. The fourth-order valence-corrected chi connectivity index (χ4v) is 2.44. The Kier molecular flexibility index (Phi) is 4.89. The molecule has 0 aliphatic carbocycles. The second-order valence-electron chi connectivity index (χ2n) is 4.20. The summed E-state index contributed by atoms with van der Waals surface area (Å²) in [6.07, 6.45) is 0. The largest absolute Gasteiger partial charge is 0.479 e. The van der Waals surface area contributed by atoms with Crippen molar-refractivity contribution in [1.29, 1.82) is 5.26 Å². The van der Waals surface area contributed by atoms with E-state index in [1.165, 1.54) is 0 Å². The lowest BCUT2D eigenvalue weighted by Crippen LogP contribution is -2.21. The normalized spacial score (nSPS) is 10.2. The van der Waals surface area contributed by atoms with Crippen molar-refractivity contribution in [3.05, 3.63) is 50.7 Å². The molecule has 0 saturated carbocycles. The third-order valence-electron chi connectivity index (χ3n) is 2.96. The quantitative estimate of drug-likeness (QED) is 0.861. The van der Waals surface area contributed by atoms with Gasteiger partial charge in [0.2, 0.25) is 0 Å². The van der Waals surface area contributed by atoms with Crippen LogP contribution in [0.2, 0.25) is 10.0 Å². The summed E-state index contributed by atoms with van der Waals surface area (Å²) in [4.78, 5) is 12.0. The molecule has 1 heterocycles. The Hall–Kier alpha value is -1.96. The molecule has 0 unspecified atom stereocenters. The lowest BCUT2D eigenvalue weighted by atomic mass is 10.1. The zero-order valence-electron chi connectivity index (χ0n) is 11.3. The zero-order chi connectivity index (χ0) is 15.4. The third-order valence-corrected chi connectivity index (χ3v) is 3.56. The molecule has 1 aromatic carbocycles. The van der Waals surface area contributed by atoms with Crippen molar-refractivity contribution in [3.8, 4) is 23.1 Å². The number of halogens is 2. The first kappa shape index (κ1) is 15.4. The van der Waals surface area contributed by atoms with E-state index in [2.05, 4.69) is 0 Å². The monoisotopic (exact) mass is 322 g/mol. The number of nitriles is 1. The van der Waals surface area contributed by atoms with Gasteiger partial charge in [0, 0.05) is 12.1 Å². The SMILES string of the molecule is CCn1c(-c2ccc(OCC#N)cc2Cl)ccc(Cl)c1=O. The van der Waals surface area contributed by atoms with Crippen molar-refractivity contribution in [3.63, 3.8) is 0 Å². The van der Waals surface area contributed by atoms with Crippen molar-refractivity contribution < 1.29 is 4.74 Å². The molecule has 0 saturated heterocycles. The Balaban J connectivity index is 2.51. The molecule has 0 aliphatic rings. The van der Waals surface area contributed by atoms with E-state index in [4.69, 9.17) is 33.2 Å². The molecule has 0 amide bonds. The number of rotatable bonds is 4. The van der Waals surface area contributed by atoms with Gasteiger partial charge in [0.15, 0.2) is 6.61 Å². The van der Waals surface area contributed by atoms with E-state index >= 15 is 0 Å². The van der Waals surface area contributed by atoms with Gasteiger partial charge in [-0.25, -0.2) is 0 Å². The standard InChI is InChI=1S/C15H12Cl2N2O2/c1-2-19-14(6-5-12(16)15(19)20)11-4-3-10(9-13(11)17)21-8-7-18/h3-6,9H,2,8H2,1H3. The molecule has 0 atom stereocenters. The molecule has 0 bridgehead atoms. The summed E-state index contributed by atoms with van der Waals surface area (Å²) in [6.45, 7) is 2.30. The predicted octanol–water partition coefficient (Wildman–Crippen LogP) is 3.74. The highest BCUT2D eigenvalue weighted by Gasteiger charge is 2.12. The van der Waals surface area contributed by atoms with Crippen molar-refractivity contribution in [1.82, 2.24) is 4.57 Å². The molecule has 21 heavy (non-hydrogen) atoms. The van der Waals surface area contributed by atoms with Crippen LogP contribution in [0.1, 0.15) is 6.92 Å². The average Bonchev–Trinajstić information content (AvgIpc) is 2.48. The second kappa shape index (κ2) is 6.66. The van der Waals surface area contributed by atoms with E-state index < -0.39 is 0 Å². The Morgan fingerprint density at radius 1 is 1.24 bits per heavy atom. The van der Waals surface area contributed by atoms with Gasteiger partial charge >= 0.3 is 0 Å². The zero-order valence-corrected chi connectivity index (χ0v) is 12.8. The fraction of sp³-hybridized carbons (Fsp3) is 0.200. The summed E-state index contributed by atoms with van der Waals surface area (Å²) in [5.74, 6) is 0.504. The van der Waals surface area contributed by atoms with Gasteiger partial charge in [-0.3, -0.25) is 4.79 Å². The molecule has 1 aromatic heterocycles. The van der Waals surface area contributed by atoms with Gasteiger partial charge in [0.25, 0.3) is 5.56 Å². The number of hydrogen-bond donors (Lipinski definition) is 0. The van der Waals surface area contributed by atoms with Gasteiger partial charge in [-0.05, 0) is 37.3 Å². The van der Waals surface area contributed by atoms with Crippen LogP contribution in [0.4, 0.5) is 0 Å². The Bertz CT molecular complexity index is 763. The Morgan fingerprint density at radius 3 is 2.62 bits per heavy atom. The number of ether oxygens (including phenoxy) is 1. The molecule has 0 fully saturated rings. The molecule has 0 radical (unpaired) electrons. The molecule has 0 aliphatic heterocycles. The smallest absolute Gasteiger partial charge is 0.269 e. The van der Waals surface area contributed by atoms with Crippen molar-refractivity contribution in [2.75, 3.05) is 6.61 Å². The van der Waals surface area contributed by atoms with Crippen LogP contribution in [-0.4, -0.2) is 11.2 Å². The minimum atomic E-state index is -0.252. The Morgan fingerprint density at radius 2 is 2.00 bits per heavy atom. The van der Waals surface area contributed by atoms with Gasteiger partial charge in [-0.1, -0.05) is 23.2 Å². The highest BCUT2D eigenvalue weighted by molar-refractivity contribution is 6.33. The topological polar surface area (TPSA) is 55.0 Å². The first-order valence-corrected chi connectivity index (χ1v) is 7.03. The maximum atomic E-state index is 12.0. The predicted molar refractivity (Wildman–Crippen MR) is 82.9 cm³/mol. The van der Waals surface area contributed by atoms with Crippen LogP contribution in [0.25, 0.3) is 11.3 Å². The van der Waals surface area contributed by atoms with Crippen LogP contribution in [-0.2, 0) is 6.54 Å². The summed E-state index contributed by atoms with van der Waals surface area (Å²) < 4.78 is 6.75. The van der Waals surface area contributed by atoms with Crippen LogP contribution in [0.5, 0.6) is 5.75 Å². The van der Waals surface area contributed by atoms with Gasteiger partial charge in [-0.2, -0.15) is 5.26 Å². The van der Waals surface area contributed by atoms with Crippen molar-refractivity contribution in [2.45, 2.75) is 13.5 Å². The maximum absolute atomic E-state index is 12.0. The van der Waals surface area contributed by atoms with Crippen LogP contribution >= 0.6 is 23.2 Å². The molecule has 6 heteroatoms. The summed E-state index contributed by atoms with van der Waals surface area (Å²) in [6, 6.07) is 10.3. The minimum Gasteiger partial charge on any atom is -0.479 e. The Labute approximate surface area is 132 Å². The molecule has 0 spiro atoms. The molecule has 0 N–H and O–H groups in total. The summed E-state index contributed by atoms with van der Waals surface area (Å²) in [7, 11) is 0. The van der Waals surface area contributed by atoms with Crippen LogP contribution < -0.4 is 10.3 Å². The number of benzene rings is 1. The summed E-state index contributed by atoms with van der Waals surface area (Å²) in [5.41, 5.74) is 1.14. The first-order chi connectivity index (χ1) is 10.1. The summed E-state index contributed by atoms with van der Waals surface area (Å²) in [5, 5.41) is 9.11. The van der Waals surface area contributed by atoms with Gasteiger partial charge in [0.1, 0.15) is 16.8 Å². The van der Waals surface area contributed by atoms with Crippen LogP contribution in [0.15, 0.2) is 35.1 Å². The number of pyridine rings is 1. The second-order valence-corrected chi connectivity index (χ2v) is 5.02. The molecular formula is C15H12Cl2N2O2. The number of nitrogens with zero attached hydrogens (tertiary/aromatic N) is 2. The van der Waals surface area contributed by atoms with E-state index in [0.29, 0.717) is 28.6 Å². The highest BCUT2D eigenvalue weighted by Crippen LogP contribution is 2.31. The van der Waals surface area contributed by atoms with Crippen molar-refractivity contribution >= 4 is 23.2 Å². The average molecular weight is 323 g/mol. The fourth-order valence-electron chi connectivity index (χ4n) is 2.01. The lowest BCUT2D eigenvalue weighted by Gasteiger charge is -2.13. The molecule has 4 nitrogen and oxygen atoms in total. The first-order valence-electron chi connectivity index (χ1n) is 6.27. The summed E-state index contributed by atoms with van der Waals surface area (Å²) >= 11 is 12.1. The lowest BCUT2D eigenvalue weighted by molar-refractivity contribution is 0.368. The van der Waals surface area contributed by atoms with E-state index in [-0.39, 0.29) is 17.2 Å². The molecular weight excluding hydrogens is 311 g/mol. The highest BCUT2D eigenvalue weighted by atomic mass is 35.5. The van der Waals surface area contributed by atoms with Gasteiger partial charge < -0.3 is 9.30 Å². The van der Waals surface area contributed by atoms with Gasteiger partial charge in [-0.15, -0.1) is 0 Å². The minimum absolute atomic E-state index is 0.0453. The number of aromatic nitrogens is 1. The van der Waals surface area contributed by atoms with Crippen LogP contribution in [0.3, 0.4) is 0 Å². The van der Waals surface area contributed by atoms with E-state index in [0.717, 1.165) is 0 Å². The van der Waals surface area contributed by atoms with Gasteiger partial charge in [0.05, 0.1) is 10.7 Å². The van der Waals surface area contributed by atoms with E-state index in [9.17, 15) is 4.79 Å².